The molecule has 1 aromatic heterocycles. The third-order valence-electron chi connectivity index (χ3n) is 4.65. The molecule has 3 aromatic rings. The zero-order valence-electron chi connectivity index (χ0n) is 15.8. The molecule has 148 valence electrons. The number of ether oxygens (including phenoxy) is 1. The van der Waals surface area contributed by atoms with Crippen LogP contribution in [0.4, 0.5) is 13.2 Å². The lowest BCUT2D eigenvalue weighted by molar-refractivity contribution is -0.137. The predicted molar refractivity (Wildman–Crippen MR) is 99.6 cm³/mol. The SMILES string of the molecule is COc1ccc(C[C@](C)(O)c2cn(-c3ccc(C(F)(F)F)cc3)nc2C)cc1. The minimum Gasteiger partial charge on any atom is -0.497 e. The molecule has 0 saturated carbocycles. The van der Waals surface area contributed by atoms with Gasteiger partial charge in [0.25, 0.3) is 0 Å². The number of benzene rings is 2. The highest BCUT2D eigenvalue weighted by molar-refractivity contribution is 5.38. The van der Waals surface area contributed by atoms with E-state index >= 15 is 0 Å². The van der Waals surface area contributed by atoms with Gasteiger partial charge >= 0.3 is 6.18 Å². The molecule has 4 nitrogen and oxygen atoms in total. The van der Waals surface area contributed by atoms with E-state index < -0.39 is 17.3 Å². The molecule has 0 spiro atoms. The van der Waals surface area contributed by atoms with E-state index in [1.165, 1.54) is 16.8 Å². The molecule has 0 aliphatic heterocycles. The maximum Gasteiger partial charge on any atom is 0.416 e. The Labute approximate surface area is 161 Å². The summed E-state index contributed by atoms with van der Waals surface area (Å²) in [6, 6.07) is 12.1. The number of hydrogen-bond donors (Lipinski definition) is 1. The van der Waals surface area contributed by atoms with Gasteiger partial charge in [-0.25, -0.2) is 4.68 Å². The summed E-state index contributed by atoms with van der Waals surface area (Å²) in [5.74, 6) is 0.731. The first-order valence-corrected chi connectivity index (χ1v) is 8.70. The molecule has 7 heteroatoms. The van der Waals surface area contributed by atoms with Crippen molar-refractivity contribution in [2.24, 2.45) is 0 Å². The maximum atomic E-state index is 12.7. The summed E-state index contributed by atoms with van der Waals surface area (Å²) in [4.78, 5) is 0. The van der Waals surface area contributed by atoms with Crippen molar-refractivity contribution in [3.05, 3.63) is 77.1 Å². The van der Waals surface area contributed by atoms with Crippen LogP contribution in [-0.4, -0.2) is 22.0 Å². The summed E-state index contributed by atoms with van der Waals surface area (Å²) in [5.41, 5.74) is 0.728. The van der Waals surface area contributed by atoms with Crippen LogP contribution in [0, 0.1) is 6.92 Å². The van der Waals surface area contributed by atoms with E-state index in [9.17, 15) is 18.3 Å². The van der Waals surface area contributed by atoms with E-state index in [1.807, 2.05) is 24.3 Å². The molecular weight excluding hydrogens is 369 g/mol. The lowest BCUT2D eigenvalue weighted by atomic mass is 9.89. The van der Waals surface area contributed by atoms with E-state index in [0.717, 1.165) is 23.4 Å². The summed E-state index contributed by atoms with van der Waals surface area (Å²) in [6.07, 6.45) is -2.37. The summed E-state index contributed by atoms with van der Waals surface area (Å²) in [7, 11) is 1.59. The highest BCUT2D eigenvalue weighted by Gasteiger charge is 2.31. The molecule has 0 radical (unpaired) electrons. The third-order valence-corrected chi connectivity index (χ3v) is 4.65. The number of aryl methyl sites for hydroxylation is 1. The molecule has 0 unspecified atom stereocenters. The van der Waals surface area contributed by atoms with Crippen LogP contribution in [0.5, 0.6) is 5.75 Å². The zero-order valence-corrected chi connectivity index (χ0v) is 15.8. The van der Waals surface area contributed by atoms with Crippen LogP contribution in [0.1, 0.15) is 29.3 Å². The fourth-order valence-electron chi connectivity index (χ4n) is 3.16. The van der Waals surface area contributed by atoms with Gasteiger partial charge in [0.15, 0.2) is 0 Å². The van der Waals surface area contributed by atoms with Gasteiger partial charge < -0.3 is 9.84 Å². The Balaban J connectivity index is 1.85. The summed E-state index contributed by atoms with van der Waals surface area (Å²) < 4.78 is 44.8. The molecule has 1 atom stereocenters. The molecule has 0 bridgehead atoms. The first-order chi connectivity index (χ1) is 13.1. The molecule has 1 N–H and O–H groups in total. The number of alkyl halides is 3. The molecule has 0 fully saturated rings. The van der Waals surface area contributed by atoms with Crippen molar-refractivity contribution in [1.29, 1.82) is 0 Å². The Bertz CT molecular complexity index is 943. The second-order valence-electron chi connectivity index (χ2n) is 6.92. The van der Waals surface area contributed by atoms with E-state index in [1.54, 1.807) is 27.2 Å². The number of halogens is 3. The van der Waals surface area contributed by atoms with Crippen molar-refractivity contribution in [2.75, 3.05) is 7.11 Å². The van der Waals surface area contributed by atoms with Crippen molar-refractivity contribution in [1.82, 2.24) is 9.78 Å². The highest BCUT2D eigenvalue weighted by atomic mass is 19.4. The molecule has 2 aromatic carbocycles. The number of rotatable bonds is 5. The minimum atomic E-state index is -4.38. The van der Waals surface area contributed by atoms with Crippen molar-refractivity contribution in [2.45, 2.75) is 32.0 Å². The van der Waals surface area contributed by atoms with Gasteiger partial charge in [-0.2, -0.15) is 18.3 Å². The van der Waals surface area contributed by atoms with Crippen molar-refractivity contribution < 1.29 is 23.0 Å². The second-order valence-corrected chi connectivity index (χ2v) is 6.92. The van der Waals surface area contributed by atoms with Crippen molar-refractivity contribution in [3.63, 3.8) is 0 Å². The molecule has 0 amide bonds. The Morgan fingerprint density at radius 1 is 1.04 bits per heavy atom. The summed E-state index contributed by atoms with van der Waals surface area (Å²) in [5, 5.41) is 15.4. The summed E-state index contributed by atoms with van der Waals surface area (Å²) in [6.45, 7) is 3.46. The molecule has 3 rings (SSSR count). The van der Waals surface area contributed by atoms with Crippen molar-refractivity contribution >= 4 is 0 Å². The van der Waals surface area contributed by atoms with Crippen LogP contribution >= 0.6 is 0 Å². The monoisotopic (exact) mass is 390 g/mol. The van der Waals surface area contributed by atoms with Gasteiger partial charge in [-0.1, -0.05) is 12.1 Å². The van der Waals surface area contributed by atoms with Gasteiger partial charge in [-0.15, -0.1) is 0 Å². The Hall–Kier alpha value is -2.80. The number of methoxy groups -OCH3 is 1. The number of aliphatic hydroxyl groups is 1. The van der Waals surface area contributed by atoms with E-state index in [2.05, 4.69) is 5.10 Å². The van der Waals surface area contributed by atoms with Crippen LogP contribution in [0.2, 0.25) is 0 Å². The average Bonchev–Trinajstić information content (AvgIpc) is 3.04. The lowest BCUT2D eigenvalue weighted by Crippen LogP contribution is -2.24. The normalized spacial score (nSPS) is 14.0. The Kier molecular flexibility index (Phi) is 5.21. The highest BCUT2D eigenvalue weighted by Crippen LogP contribution is 2.31. The number of hydrogen-bond acceptors (Lipinski definition) is 3. The van der Waals surface area contributed by atoms with Gasteiger partial charge in [-0.3, -0.25) is 0 Å². The zero-order chi connectivity index (χ0) is 20.5. The maximum absolute atomic E-state index is 12.7. The standard InChI is InChI=1S/C21H21F3N2O2/c1-14-19(20(2,27)12-15-4-10-18(28-3)11-5-15)13-26(25-14)17-8-6-16(7-9-17)21(22,23)24/h4-11,13,27H,12H2,1-3H3/t20-/m0/s1. The fraction of sp³-hybridized carbons (Fsp3) is 0.286. The average molecular weight is 390 g/mol. The molecule has 0 saturated heterocycles. The summed E-state index contributed by atoms with van der Waals surface area (Å²) >= 11 is 0. The molecule has 0 aliphatic rings. The number of aromatic nitrogens is 2. The largest absolute Gasteiger partial charge is 0.497 e. The topological polar surface area (TPSA) is 47.3 Å². The fourth-order valence-corrected chi connectivity index (χ4v) is 3.16. The Morgan fingerprint density at radius 3 is 2.18 bits per heavy atom. The number of nitrogens with zero attached hydrogens (tertiary/aromatic N) is 2. The van der Waals surface area contributed by atoms with Gasteiger partial charge in [0.05, 0.1) is 29.7 Å². The lowest BCUT2D eigenvalue weighted by Gasteiger charge is -2.23. The molecule has 28 heavy (non-hydrogen) atoms. The molecule has 0 aliphatic carbocycles. The van der Waals surface area contributed by atoms with Gasteiger partial charge in [-0.05, 0) is 55.8 Å². The van der Waals surface area contributed by atoms with Gasteiger partial charge in [0.2, 0.25) is 0 Å². The van der Waals surface area contributed by atoms with Crippen LogP contribution < -0.4 is 4.74 Å². The van der Waals surface area contributed by atoms with Gasteiger partial charge in [0, 0.05) is 18.2 Å². The van der Waals surface area contributed by atoms with E-state index in [-0.39, 0.29) is 0 Å². The van der Waals surface area contributed by atoms with E-state index in [0.29, 0.717) is 23.4 Å². The smallest absolute Gasteiger partial charge is 0.416 e. The molecule has 1 heterocycles. The minimum absolute atomic E-state index is 0.358. The second kappa shape index (κ2) is 7.31. The van der Waals surface area contributed by atoms with Crippen LogP contribution in [0.25, 0.3) is 5.69 Å². The van der Waals surface area contributed by atoms with Crippen LogP contribution in [0.15, 0.2) is 54.7 Å². The predicted octanol–water partition coefficient (Wildman–Crippen LogP) is 4.66. The van der Waals surface area contributed by atoms with E-state index in [4.69, 9.17) is 4.74 Å². The van der Waals surface area contributed by atoms with Crippen LogP contribution in [-0.2, 0) is 18.2 Å². The quantitative estimate of drug-likeness (QED) is 0.689. The first kappa shape index (κ1) is 19.9. The van der Waals surface area contributed by atoms with Crippen LogP contribution in [0.3, 0.4) is 0 Å². The third kappa shape index (κ3) is 4.20. The van der Waals surface area contributed by atoms with Crippen molar-refractivity contribution in [3.8, 4) is 11.4 Å². The van der Waals surface area contributed by atoms with Gasteiger partial charge in [0.1, 0.15) is 5.75 Å². The molecular formula is C21H21F3N2O2. The Morgan fingerprint density at radius 2 is 1.64 bits per heavy atom. The first-order valence-electron chi connectivity index (χ1n) is 8.70.